The van der Waals surface area contributed by atoms with Crippen molar-refractivity contribution in [2.45, 2.75) is 12.5 Å². The van der Waals surface area contributed by atoms with Crippen LogP contribution < -0.4 is 5.73 Å². The molecule has 1 atom stereocenters. The fourth-order valence-electron chi connectivity index (χ4n) is 2.29. The van der Waals surface area contributed by atoms with Crippen molar-refractivity contribution in [3.63, 3.8) is 0 Å². The number of hydrogen-bond acceptors (Lipinski definition) is 4. The number of nitrogens with two attached hydrogens (primary N) is 1. The number of nitrogens with zero attached hydrogens (tertiary/aromatic N) is 1. The van der Waals surface area contributed by atoms with Crippen LogP contribution in [0.3, 0.4) is 0 Å². The lowest BCUT2D eigenvalue weighted by Gasteiger charge is -2.31. The Balaban J connectivity index is 2.90. The molecule has 0 radical (unpaired) electrons. The van der Waals surface area contributed by atoms with E-state index < -0.39 is 0 Å². The first-order chi connectivity index (χ1) is 10.2. The first-order valence-corrected chi connectivity index (χ1v) is 7.77. The third-order valence-electron chi connectivity index (χ3n) is 3.38. The van der Waals surface area contributed by atoms with E-state index in [1.54, 1.807) is 20.3 Å². The summed E-state index contributed by atoms with van der Waals surface area (Å²) in [6, 6.07) is 5.67. The van der Waals surface area contributed by atoms with Crippen molar-refractivity contribution in [1.82, 2.24) is 4.90 Å². The molecule has 1 aromatic rings. The molecule has 2 N–H and O–H groups in total. The summed E-state index contributed by atoms with van der Waals surface area (Å²) in [5.41, 5.74) is 6.94. The highest BCUT2D eigenvalue weighted by molar-refractivity contribution is 6.42. The molecule has 0 aliphatic heterocycles. The van der Waals surface area contributed by atoms with Gasteiger partial charge in [-0.25, -0.2) is 0 Å². The third-order valence-corrected chi connectivity index (χ3v) is 4.21. The van der Waals surface area contributed by atoms with Crippen LogP contribution in [0.5, 0.6) is 0 Å². The molecule has 21 heavy (non-hydrogen) atoms. The first kappa shape index (κ1) is 18.7. The SMILES string of the molecule is COCCCN(CCOC)C(CN)c1cccc(Cl)c1Cl. The molecule has 0 saturated heterocycles. The molecule has 6 heteroatoms. The summed E-state index contributed by atoms with van der Waals surface area (Å²) in [5.74, 6) is 0. The predicted molar refractivity (Wildman–Crippen MR) is 88.2 cm³/mol. The van der Waals surface area contributed by atoms with Gasteiger partial charge in [-0.05, 0) is 18.1 Å². The van der Waals surface area contributed by atoms with Gasteiger partial charge in [0.05, 0.1) is 16.7 Å². The molecule has 1 unspecified atom stereocenters. The van der Waals surface area contributed by atoms with Gasteiger partial charge < -0.3 is 15.2 Å². The monoisotopic (exact) mass is 334 g/mol. The molecular weight excluding hydrogens is 311 g/mol. The van der Waals surface area contributed by atoms with Gasteiger partial charge in [0.15, 0.2) is 0 Å². The topological polar surface area (TPSA) is 47.7 Å². The van der Waals surface area contributed by atoms with Gasteiger partial charge in [-0.3, -0.25) is 4.90 Å². The van der Waals surface area contributed by atoms with Crippen LogP contribution in [-0.4, -0.2) is 52.0 Å². The second-order valence-corrected chi connectivity index (χ2v) is 5.55. The number of hydrogen-bond donors (Lipinski definition) is 1. The van der Waals surface area contributed by atoms with Crippen molar-refractivity contribution in [1.29, 1.82) is 0 Å². The van der Waals surface area contributed by atoms with Crippen molar-refractivity contribution in [3.8, 4) is 0 Å². The Hall–Kier alpha value is -0.360. The molecule has 0 heterocycles. The zero-order valence-electron chi connectivity index (χ0n) is 12.6. The molecule has 0 bridgehead atoms. The van der Waals surface area contributed by atoms with Gasteiger partial charge >= 0.3 is 0 Å². The second kappa shape index (κ2) is 10.4. The van der Waals surface area contributed by atoms with E-state index in [1.165, 1.54) is 0 Å². The quantitative estimate of drug-likeness (QED) is 0.668. The van der Waals surface area contributed by atoms with Crippen LogP contribution in [0.4, 0.5) is 0 Å². The van der Waals surface area contributed by atoms with Crippen molar-refractivity contribution in [2.75, 3.05) is 47.1 Å². The van der Waals surface area contributed by atoms with Crippen molar-refractivity contribution >= 4 is 23.2 Å². The summed E-state index contributed by atoms with van der Waals surface area (Å²) >= 11 is 12.5. The zero-order chi connectivity index (χ0) is 15.7. The van der Waals surface area contributed by atoms with E-state index in [1.807, 2.05) is 12.1 Å². The van der Waals surface area contributed by atoms with E-state index in [-0.39, 0.29) is 6.04 Å². The molecule has 0 aromatic heterocycles. The van der Waals surface area contributed by atoms with Crippen molar-refractivity contribution < 1.29 is 9.47 Å². The Kier molecular flexibility index (Phi) is 9.24. The summed E-state index contributed by atoms with van der Waals surface area (Å²) < 4.78 is 10.3. The van der Waals surface area contributed by atoms with Gasteiger partial charge in [0.1, 0.15) is 0 Å². The van der Waals surface area contributed by atoms with Gasteiger partial charge in [-0.2, -0.15) is 0 Å². The lowest BCUT2D eigenvalue weighted by Crippen LogP contribution is -2.37. The van der Waals surface area contributed by atoms with Crippen LogP contribution in [0, 0.1) is 0 Å². The number of methoxy groups -OCH3 is 2. The minimum atomic E-state index is 0.0169. The molecule has 0 fully saturated rings. The Bertz CT molecular complexity index is 419. The lowest BCUT2D eigenvalue weighted by atomic mass is 10.0. The number of benzene rings is 1. The van der Waals surface area contributed by atoms with E-state index >= 15 is 0 Å². The van der Waals surface area contributed by atoms with E-state index in [0.717, 1.165) is 25.1 Å². The van der Waals surface area contributed by atoms with E-state index in [2.05, 4.69) is 4.90 Å². The molecule has 0 spiro atoms. The van der Waals surface area contributed by atoms with E-state index in [4.69, 9.17) is 38.4 Å². The summed E-state index contributed by atoms with van der Waals surface area (Å²) in [4.78, 5) is 2.26. The first-order valence-electron chi connectivity index (χ1n) is 7.01. The highest BCUT2D eigenvalue weighted by Gasteiger charge is 2.21. The molecule has 4 nitrogen and oxygen atoms in total. The van der Waals surface area contributed by atoms with Crippen molar-refractivity contribution in [3.05, 3.63) is 33.8 Å². The highest BCUT2D eigenvalue weighted by Crippen LogP contribution is 2.32. The van der Waals surface area contributed by atoms with Gasteiger partial charge in [-0.1, -0.05) is 35.3 Å². The molecule has 1 aromatic carbocycles. The normalized spacial score (nSPS) is 12.9. The van der Waals surface area contributed by atoms with Gasteiger partial charge in [0.2, 0.25) is 0 Å². The molecule has 0 amide bonds. The van der Waals surface area contributed by atoms with Gasteiger partial charge in [0.25, 0.3) is 0 Å². The Labute approximate surface area is 137 Å². The highest BCUT2D eigenvalue weighted by atomic mass is 35.5. The van der Waals surface area contributed by atoms with Gasteiger partial charge in [0, 0.05) is 46.5 Å². The number of ether oxygens (including phenoxy) is 2. The minimum Gasteiger partial charge on any atom is -0.385 e. The van der Waals surface area contributed by atoms with Gasteiger partial charge in [-0.15, -0.1) is 0 Å². The van der Waals surface area contributed by atoms with E-state index in [9.17, 15) is 0 Å². The summed E-state index contributed by atoms with van der Waals surface area (Å²) in [6.45, 7) is 3.47. The summed E-state index contributed by atoms with van der Waals surface area (Å²) in [7, 11) is 3.39. The molecular formula is C15H24Cl2N2O2. The molecule has 0 aliphatic rings. The fraction of sp³-hybridized carbons (Fsp3) is 0.600. The van der Waals surface area contributed by atoms with Crippen LogP contribution in [-0.2, 0) is 9.47 Å². The molecule has 1 rings (SSSR count). The molecule has 0 saturated carbocycles. The number of rotatable bonds is 10. The van der Waals surface area contributed by atoms with E-state index in [0.29, 0.717) is 29.8 Å². The third kappa shape index (κ3) is 5.74. The lowest BCUT2D eigenvalue weighted by molar-refractivity contribution is 0.108. The average molecular weight is 335 g/mol. The second-order valence-electron chi connectivity index (χ2n) is 4.77. The maximum absolute atomic E-state index is 6.34. The number of halogens is 2. The van der Waals surface area contributed by atoms with Crippen LogP contribution in [0.25, 0.3) is 0 Å². The Morgan fingerprint density at radius 2 is 1.86 bits per heavy atom. The largest absolute Gasteiger partial charge is 0.385 e. The van der Waals surface area contributed by atoms with Crippen molar-refractivity contribution in [2.24, 2.45) is 5.73 Å². The van der Waals surface area contributed by atoms with Crippen LogP contribution >= 0.6 is 23.2 Å². The Morgan fingerprint density at radius 3 is 2.48 bits per heavy atom. The predicted octanol–water partition coefficient (Wildman–Crippen LogP) is 2.98. The fourth-order valence-corrected chi connectivity index (χ4v) is 2.73. The van der Waals surface area contributed by atoms with Crippen LogP contribution in [0.2, 0.25) is 10.0 Å². The van der Waals surface area contributed by atoms with Crippen LogP contribution in [0.15, 0.2) is 18.2 Å². The van der Waals surface area contributed by atoms with Crippen LogP contribution in [0.1, 0.15) is 18.0 Å². The maximum Gasteiger partial charge on any atom is 0.0640 e. The summed E-state index contributed by atoms with van der Waals surface area (Å²) in [5, 5.41) is 1.12. The average Bonchev–Trinajstić information content (AvgIpc) is 2.49. The molecule has 0 aliphatic carbocycles. The minimum absolute atomic E-state index is 0.0169. The smallest absolute Gasteiger partial charge is 0.0640 e. The Morgan fingerprint density at radius 1 is 1.14 bits per heavy atom. The molecule has 120 valence electrons. The summed E-state index contributed by atoms with van der Waals surface area (Å²) in [6.07, 6.45) is 0.925. The maximum atomic E-state index is 6.34. The zero-order valence-corrected chi connectivity index (χ0v) is 14.2. The standard InChI is InChI=1S/C15H24Cl2N2O2/c1-20-9-4-7-19(8-10-21-2)14(11-18)12-5-3-6-13(16)15(12)17/h3,5-6,14H,4,7-11,18H2,1-2H3.